The van der Waals surface area contributed by atoms with Gasteiger partial charge in [0.05, 0.1) is 19.3 Å². The number of nitrogens with one attached hydrogen (secondary N) is 1. The molecule has 0 saturated carbocycles. The predicted molar refractivity (Wildman–Crippen MR) is 68.9 cm³/mol. The Kier molecular flexibility index (Phi) is 5.20. The maximum absolute atomic E-state index is 5.71. The number of nitrogens with zero attached hydrogens (tertiary/aromatic N) is 2. The van der Waals surface area contributed by atoms with Crippen molar-refractivity contribution in [2.24, 2.45) is 5.92 Å². The molecule has 0 bridgehead atoms. The molecular formula is C13H21N3O2. The Morgan fingerprint density at radius 3 is 2.67 bits per heavy atom. The first-order chi connectivity index (χ1) is 8.88. The molecule has 0 aliphatic carbocycles. The fraction of sp³-hybridized carbons (Fsp3) is 0.692. The van der Waals surface area contributed by atoms with Crippen molar-refractivity contribution in [3.63, 3.8) is 0 Å². The minimum absolute atomic E-state index is 0.590. The number of rotatable bonds is 6. The highest BCUT2D eigenvalue weighted by atomic mass is 16.5. The summed E-state index contributed by atoms with van der Waals surface area (Å²) in [5.74, 6) is 1.82. The highest BCUT2D eigenvalue weighted by molar-refractivity contribution is 5.18. The van der Waals surface area contributed by atoms with Crippen LogP contribution in [0.2, 0.25) is 0 Å². The van der Waals surface area contributed by atoms with Crippen LogP contribution in [-0.2, 0) is 0 Å². The Morgan fingerprint density at radius 2 is 1.94 bits per heavy atom. The third-order valence-corrected chi connectivity index (χ3v) is 3.00. The van der Waals surface area contributed by atoms with Crippen LogP contribution in [0.4, 0.5) is 0 Å². The van der Waals surface area contributed by atoms with Crippen LogP contribution in [0.1, 0.15) is 26.2 Å². The van der Waals surface area contributed by atoms with E-state index >= 15 is 0 Å². The van der Waals surface area contributed by atoms with E-state index in [-0.39, 0.29) is 0 Å². The van der Waals surface area contributed by atoms with Crippen LogP contribution in [0.25, 0.3) is 0 Å². The molecule has 1 saturated heterocycles. The number of piperidine rings is 1. The van der Waals surface area contributed by atoms with Gasteiger partial charge in [0.1, 0.15) is 6.33 Å². The monoisotopic (exact) mass is 251 g/mol. The van der Waals surface area contributed by atoms with Crippen molar-refractivity contribution in [1.82, 2.24) is 15.3 Å². The molecule has 0 aromatic carbocycles. The standard InChI is InChI=1S/C13H21N3O2/c1-2-7-17-12-8-13(16-10-15-12)18-9-11-3-5-14-6-4-11/h8,10-11,14H,2-7,9H2,1H3. The van der Waals surface area contributed by atoms with Gasteiger partial charge in [0, 0.05) is 0 Å². The average Bonchev–Trinajstić information content (AvgIpc) is 2.44. The number of aromatic nitrogens is 2. The Hall–Kier alpha value is -1.36. The Labute approximate surface area is 108 Å². The van der Waals surface area contributed by atoms with Crippen LogP contribution < -0.4 is 14.8 Å². The molecule has 2 rings (SSSR count). The molecule has 0 unspecified atom stereocenters. The summed E-state index contributed by atoms with van der Waals surface area (Å²) in [5, 5.41) is 3.34. The van der Waals surface area contributed by atoms with Crippen molar-refractivity contribution in [2.75, 3.05) is 26.3 Å². The fourth-order valence-corrected chi connectivity index (χ4v) is 1.94. The van der Waals surface area contributed by atoms with Crippen molar-refractivity contribution in [2.45, 2.75) is 26.2 Å². The van der Waals surface area contributed by atoms with E-state index < -0.39 is 0 Å². The van der Waals surface area contributed by atoms with Gasteiger partial charge in [0.2, 0.25) is 11.8 Å². The van der Waals surface area contributed by atoms with E-state index in [1.54, 1.807) is 6.07 Å². The summed E-state index contributed by atoms with van der Waals surface area (Å²) in [4.78, 5) is 8.15. The van der Waals surface area contributed by atoms with E-state index in [1.165, 1.54) is 19.2 Å². The van der Waals surface area contributed by atoms with Crippen molar-refractivity contribution < 1.29 is 9.47 Å². The third kappa shape index (κ3) is 4.14. The molecule has 1 aliphatic rings. The maximum Gasteiger partial charge on any atom is 0.220 e. The summed E-state index contributed by atoms with van der Waals surface area (Å²) >= 11 is 0. The minimum atomic E-state index is 0.590. The van der Waals surface area contributed by atoms with Gasteiger partial charge in [-0.1, -0.05) is 6.92 Å². The molecule has 1 aromatic rings. The third-order valence-electron chi connectivity index (χ3n) is 3.00. The van der Waals surface area contributed by atoms with Crippen molar-refractivity contribution >= 4 is 0 Å². The zero-order valence-electron chi connectivity index (χ0n) is 10.9. The molecule has 0 amide bonds. The SMILES string of the molecule is CCCOc1cc(OCC2CCNCC2)ncn1. The van der Waals surface area contributed by atoms with Gasteiger partial charge in [-0.25, -0.2) is 9.97 Å². The van der Waals surface area contributed by atoms with Crippen molar-refractivity contribution in [3.8, 4) is 11.8 Å². The van der Waals surface area contributed by atoms with Crippen LogP contribution in [0, 0.1) is 5.92 Å². The maximum atomic E-state index is 5.71. The first-order valence-electron chi connectivity index (χ1n) is 6.67. The zero-order valence-corrected chi connectivity index (χ0v) is 10.9. The zero-order chi connectivity index (χ0) is 12.6. The van der Waals surface area contributed by atoms with Crippen LogP contribution in [0.15, 0.2) is 12.4 Å². The lowest BCUT2D eigenvalue weighted by Crippen LogP contribution is -2.30. The van der Waals surface area contributed by atoms with Gasteiger partial charge in [0.25, 0.3) is 0 Å². The van der Waals surface area contributed by atoms with E-state index in [1.807, 2.05) is 0 Å². The lowest BCUT2D eigenvalue weighted by molar-refractivity contribution is 0.207. The van der Waals surface area contributed by atoms with Gasteiger partial charge < -0.3 is 14.8 Å². The van der Waals surface area contributed by atoms with Crippen LogP contribution in [0.5, 0.6) is 11.8 Å². The second-order valence-electron chi connectivity index (χ2n) is 4.55. The Morgan fingerprint density at radius 1 is 1.22 bits per heavy atom. The summed E-state index contributed by atoms with van der Waals surface area (Å²) in [6, 6.07) is 1.76. The molecule has 2 heterocycles. The Bertz CT molecular complexity index is 354. The minimum Gasteiger partial charge on any atom is -0.478 e. The molecular weight excluding hydrogens is 230 g/mol. The van der Waals surface area contributed by atoms with E-state index in [0.717, 1.165) is 26.1 Å². The van der Waals surface area contributed by atoms with Crippen LogP contribution in [0.3, 0.4) is 0 Å². The second-order valence-corrected chi connectivity index (χ2v) is 4.55. The van der Waals surface area contributed by atoms with Gasteiger partial charge >= 0.3 is 0 Å². The van der Waals surface area contributed by atoms with E-state index in [4.69, 9.17) is 9.47 Å². The van der Waals surface area contributed by atoms with Crippen molar-refractivity contribution in [1.29, 1.82) is 0 Å². The van der Waals surface area contributed by atoms with E-state index in [0.29, 0.717) is 24.3 Å². The molecule has 0 atom stereocenters. The molecule has 1 N–H and O–H groups in total. The molecule has 0 radical (unpaired) electrons. The average molecular weight is 251 g/mol. The molecule has 1 fully saturated rings. The molecule has 0 spiro atoms. The smallest absolute Gasteiger partial charge is 0.220 e. The molecule has 100 valence electrons. The summed E-state index contributed by atoms with van der Waals surface area (Å²) < 4.78 is 11.2. The van der Waals surface area contributed by atoms with Crippen LogP contribution in [-0.4, -0.2) is 36.3 Å². The highest BCUT2D eigenvalue weighted by Gasteiger charge is 2.14. The van der Waals surface area contributed by atoms with E-state index in [2.05, 4.69) is 22.2 Å². The first-order valence-corrected chi connectivity index (χ1v) is 6.67. The lowest BCUT2D eigenvalue weighted by atomic mass is 9.99. The number of ether oxygens (including phenoxy) is 2. The summed E-state index contributed by atoms with van der Waals surface area (Å²) in [6.07, 6.45) is 4.80. The quantitative estimate of drug-likeness (QED) is 0.833. The van der Waals surface area contributed by atoms with Gasteiger partial charge in [-0.05, 0) is 38.3 Å². The van der Waals surface area contributed by atoms with Gasteiger partial charge in [0.15, 0.2) is 0 Å². The molecule has 1 aliphatic heterocycles. The fourth-order valence-electron chi connectivity index (χ4n) is 1.94. The van der Waals surface area contributed by atoms with Crippen molar-refractivity contribution in [3.05, 3.63) is 12.4 Å². The number of hydrogen-bond donors (Lipinski definition) is 1. The van der Waals surface area contributed by atoms with Crippen LogP contribution >= 0.6 is 0 Å². The molecule has 5 nitrogen and oxygen atoms in total. The summed E-state index contributed by atoms with van der Waals surface area (Å²) in [5.41, 5.74) is 0. The second kappa shape index (κ2) is 7.16. The Balaban J connectivity index is 1.80. The normalized spacial score (nSPS) is 16.5. The first kappa shape index (κ1) is 13.1. The summed E-state index contributed by atoms with van der Waals surface area (Å²) in [6.45, 7) is 5.64. The topological polar surface area (TPSA) is 56.3 Å². The lowest BCUT2D eigenvalue weighted by Gasteiger charge is -2.22. The van der Waals surface area contributed by atoms with Gasteiger partial charge in [-0.2, -0.15) is 0 Å². The van der Waals surface area contributed by atoms with Gasteiger partial charge in [-0.3, -0.25) is 0 Å². The van der Waals surface area contributed by atoms with Gasteiger partial charge in [-0.15, -0.1) is 0 Å². The van der Waals surface area contributed by atoms with E-state index in [9.17, 15) is 0 Å². The molecule has 1 aromatic heterocycles. The largest absolute Gasteiger partial charge is 0.478 e. The number of hydrogen-bond acceptors (Lipinski definition) is 5. The predicted octanol–water partition coefficient (Wildman–Crippen LogP) is 1.64. The molecule has 5 heteroatoms. The molecule has 18 heavy (non-hydrogen) atoms. The summed E-state index contributed by atoms with van der Waals surface area (Å²) in [7, 11) is 0. The highest BCUT2D eigenvalue weighted by Crippen LogP contribution is 2.17.